The third-order valence-electron chi connectivity index (χ3n) is 2.44. The second-order valence-electron chi connectivity index (χ2n) is 5.62. The average Bonchev–Trinajstić information content (AvgIpc) is 2.95. The van der Waals surface area contributed by atoms with E-state index in [1.54, 1.807) is 11.9 Å². The molecule has 0 saturated carbocycles. The molecule has 1 amide bonds. The molecule has 0 aromatic heterocycles. The van der Waals surface area contributed by atoms with Crippen LogP contribution in [0.25, 0.3) is 0 Å². The van der Waals surface area contributed by atoms with Crippen LogP contribution in [0.2, 0.25) is 0 Å². The predicted molar refractivity (Wildman–Crippen MR) is 66.1 cm³/mol. The Bertz CT molecular complexity index is 259. The highest BCUT2D eigenvalue weighted by Crippen LogP contribution is 2.10. The van der Waals surface area contributed by atoms with Gasteiger partial charge in [0.1, 0.15) is 5.60 Å². The zero-order valence-electron chi connectivity index (χ0n) is 11.5. The van der Waals surface area contributed by atoms with E-state index in [0.29, 0.717) is 12.6 Å². The van der Waals surface area contributed by atoms with Crippen LogP contribution < -0.4 is 0 Å². The standard InChI is InChI=1S/C12H24N2O3/c1-12(2,3)17-11(15)14(5)7-6-13(4)8-10-9-16-10/h10H,6-9H2,1-5H3/t10-/m1/s1. The van der Waals surface area contributed by atoms with E-state index in [0.717, 1.165) is 19.7 Å². The van der Waals surface area contributed by atoms with Crippen molar-refractivity contribution in [3.63, 3.8) is 0 Å². The van der Waals surface area contributed by atoms with Crippen molar-refractivity contribution in [1.82, 2.24) is 9.80 Å². The van der Waals surface area contributed by atoms with E-state index in [4.69, 9.17) is 9.47 Å². The van der Waals surface area contributed by atoms with Crippen LogP contribution >= 0.6 is 0 Å². The Morgan fingerprint density at radius 3 is 2.41 bits per heavy atom. The Labute approximate surface area is 104 Å². The summed E-state index contributed by atoms with van der Waals surface area (Å²) in [6, 6.07) is 0. The minimum atomic E-state index is -0.431. The van der Waals surface area contributed by atoms with Gasteiger partial charge in [-0.2, -0.15) is 0 Å². The fourth-order valence-electron chi connectivity index (χ4n) is 1.36. The molecule has 5 nitrogen and oxygen atoms in total. The van der Waals surface area contributed by atoms with E-state index < -0.39 is 5.60 Å². The monoisotopic (exact) mass is 244 g/mol. The number of nitrogens with zero attached hydrogens (tertiary/aromatic N) is 2. The van der Waals surface area contributed by atoms with Crippen LogP contribution in [0.4, 0.5) is 4.79 Å². The number of epoxide rings is 1. The first-order valence-electron chi connectivity index (χ1n) is 6.02. The first-order valence-corrected chi connectivity index (χ1v) is 6.02. The highest BCUT2D eigenvalue weighted by molar-refractivity contribution is 5.67. The number of rotatable bonds is 5. The molecular weight excluding hydrogens is 220 g/mol. The molecular formula is C12H24N2O3. The number of hydrogen-bond acceptors (Lipinski definition) is 4. The molecule has 0 aromatic carbocycles. The fourth-order valence-corrected chi connectivity index (χ4v) is 1.36. The van der Waals surface area contributed by atoms with Crippen molar-refractivity contribution in [3.05, 3.63) is 0 Å². The summed E-state index contributed by atoms with van der Waals surface area (Å²) in [5, 5.41) is 0. The summed E-state index contributed by atoms with van der Waals surface area (Å²) < 4.78 is 10.4. The van der Waals surface area contributed by atoms with E-state index >= 15 is 0 Å². The lowest BCUT2D eigenvalue weighted by molar-refractivity contribution is 0.0286. The first-order chi connectivity index (χ1) is 7.78. The molecule has 0 unspecified atom stereocenters. The number of ether oxygens (including phenoxy) is 2. The van der Waals surface area contributed by atoms with Gasteiger partial charge in [-0.25, -0.2) is 4.79 Å². The maximum absolute atomic E-state index is 11.7. The molecule has 0 spiro atoms. The number of carbonyl (C=O) groups excluding carboxylic acids is 1. The lowest BCUT2D eigenvalue weighted by Crippen LogP contribution is -2.39. The summed E-state index contributed by atoms with van der Waals surface area (Å²) in [5.41, 5.74) is -0.431. The number of hydrogen-bond donors (Lipinski definition) is 0. The Morgan fingerprint density at radius 2 is 1.94 bits per heavy atom. The lowest BCUT2D eigenvalue weighted by Gasteiger charge is -2.26. The largest absolute Gasteiger partial charge is 0.444 e. The zero-order valence-corrected chi connectivity index (χ0v) is 11.5. The van der Waals surface area contributed by atoms with Gasteiger partial charge in [-0.15, -0.1) is 0 Å². The van der Waals surface area contributed by atoms with E-state index in [2.05, 4.69) is 4.90 Å². The van der Waals surface area contributed by atoms with Gasteiger partial charge in [-0.3, -0.25) is 0 Å². The highest BCUT2D eigenvalue weighted by Gasteiger charge is 2.24. The Morgan fingerprint density at radius 1 is 1.35 bits per heavy atom. The SMILES string of the molecule is CN(CCN(C)C(=O)OC(C)(C)C)C[C@@H]1CO1. The molecule has 1 rings (SSSR count). The molecule has 0 aliphatic carbocycles. The van der Waals surface area contributed by atoms with Crippen molar-refractivity contribution < 1.29 is 14.3 Å². The maximum atomic E-state index is 11.7. The molecule has 5 heteroatoms. The van der Waals surface area contributed by atoms with Gasteiger partial charge >= 0.3 is 6.09 Å². The molecule has 1 aliphatic heterocycles. The summed E-state index contributed by atoms with van der Waals surface area (Å²) in [7, 11) is 3.79. The van der Waals surface area contributed by atoms with Crippen LogP contribution in [-0.4, -0.2) is 67.9 Å². The van der Waals surface area contributed by atoms with E-state index in [9.17, 15) is 4.79 Å². The summed E-state index contributed by atoms with van der Waals surface area (Å²) >= 11 is 0. The van der Waals surface area contributed by atoms with Gasteiger partial charge in [0.05, 0.1) is 12.7 Å². The second kappa shape index (κ2) is 5.69. The Kier molecular flexibility index (Phi) is 4.77. The summed E-state index contributed by atoms with van der Waals surface area (Å²) in [4.78, 5) is 15.4. The molecule has 1 fully saturated rings. The fraction of sp³-hybridized carbons (Fsp3) is 0.917. The summed E-state index contributed by atoms with van der Waals surface area (Å²) in [5.74, 6) is 0. The zero-order chi connectivity index (χ0) is 13.1. The summed E-state index contributed by atoms with van der Waals surface area (Å²) in [6.45, 7) is 8.90. The quantitative estimate of drug-likeness (QED) is 0.681. The molecule has 1 saturated heterocycles. The molecule has 0 radical (unpaired) electrons. The van der Waals surface area contributed by atoms with Crippen molar-refractivity contribution in [1.29, 1.82) is 0 Å². The van der Waals surface area contributed by atoms with Crippen LogP contribution in [0.1, 0.15) is 20.8 Å². The number of amides is 1. The van der Waals surface area contributed by atoms with Crippen LogP contribution in [0, 0.1) is 0 Å². The molecule has 17 heavy (non-hydrogen) atoms. The Hall–Kier alpha value is -0.810. The first kappa shape index (κ1) is 14.3. The van der Waals surface area contributed by atoms with Crippen LogP contribution in [0.5, 0.6) is 0 Å². The average molecular weight is 244 g/mol. The number of carbonyl (C=O) groups is 1. The minimum absolute atomic E-state index is 0.270. The van der Waals surface area contributed by atoms with Gasteiger partial charge < -0.3 is 19.3 Å². The van der Waals surface area contributed by atoms with E-state index in [1.165, 1.54) is 0 Å². The van der Waals surface area contributed by atoms with E-state index in [-0.39, 0.29) is 6.09 Å². The van der Waals surface area contributed by atoms with Crippen LogP contribution in [0.3, 0.4) is 0 Å². The van der Waals surface area contributed by atoms with E-state index in [1.807, 2.05) is 27.8 Å². The third-order valence-corrected chi connectivity index (χ3v) is 2.44. The second-order valence-corrected chi connectivity index (χ2v) is 5.62. The molecule has 0 N–H and O–H groups in total. The number of likely N-dealkylation sites (N-methyl/N-ethyl adjacent to an activating group) is 2. The van der Waals surface area contributed by atoms with Gasteiger partial charge in [0.25, 0.3) is 0 Å². The molecule has 1 aliphatic rings. The van der Waals surface area contributed by atoms with Crippen molar-refractivity contribution >= 4 is 6.09 Å². The topological polar surface area (TPSA) is 45.3 Å². The summed E-state index contributed by atoms with van der Waals surface area (Å²) in [6.07, 6.45) is 0.125. The molecule has 1 heterocycles. The van der Waals surface area contributed by atoms with Gasteiger partial charge in [-0.1, -0.05) is 0 Å². The van der Waals surface area contributed by atoms with Crippen molar-refractivity contribution in [3.8, 4) is 0 Å². The van der Waals surface area contributed by atoms with Crippen molar-refractivity contribution in [2.75, 3.05) is 40.3 Å². The molecule has 100 valence electrons. The molecule has 0 bridgehead atoms. The smallest absolute Gasteiger partial charge is 0.410 e. The van der Waals surface area contributed by atoms with Crippen LogP contribution in [0.15, 0.2) is 0 Å². The van der Waals surface area contributed by atoms with Gasteiger partial charge in [0, 0.05) is 26.7 Å². The minimum Gasteiger partial charge on any atom is -0.444 e. The highest BCUT2D eigenvalue weighted by atomic mass is 16.6. The maximum Gasteiger partial charge on any atom is 0.410 e. The normalized spacial score (nSPS) is 19.3. The van der Waals surface area contributed by atoms with Gasteiger partial charge in [-0.05, 0) is 27.8 Å². The third kappa shape index (κ3) is 6.48. The lowest BCUT2D eigenvalue weighted by atomic mass is 10.2. The molecule has 0 aromatic rings. The van der Waals surface area contributed by atoms with Crippen molar-refractivity contribution in [2.45, 2.75) is 32.5 Å². The van der Waals surface area contributed by atoms with Crippen LogP contribution in [-0.2, 0) is 9.47 Å². The van der Waals surface area contributed by atoms with Gasteiger partial charge in [0.2, 0.25) is 0 Å². The van der Waals surface area contributed by atoms with Gasteiger partial charge in [0.15, 0.2) is 0 Å². The Balaban J connectivity index is 2.18. The molecule has 1 atom stereocenters. The predicted octanol–water partition coefficient (Wildman–Crippen LogP) is 1.18. The van der Waals surface area contributed by atoms with Crippen molar-refractivity contribution in [2.24, 2.45) is 0 Å².